The molecular formula is C44H63N5O7. The van der Waals surface area contributed by atoms with Crippen molar-refractivity contribution in [3.63, 3.8) is 0 Å². The number of H-pyrrole nitrogens is 1. The number of nitrogens with zero attached hydrogens (tertiary/aromatic N) is 4. The number of aryl methyl sites for hydroxylation is 1. The largest absolute Gasteiger partial charge is 0.469 e. The molecule has 3 heterocycles. The molecule has 6 fully saturated rings. The van der Waals surface area contributed by atoms with Crippen molar-refractivity contribution in [2.45, 2.75) is 137 Å². The lowest BCUT2D eigenvalue weighted by molar-refractivity contribution is -0.239. The van der Waals surface area contributed by atoms with E-state index in [-0.39, 0.29) is 46.6 Å². The number of allylic oxidation sites excluding steroid dienone is 1. The summed E-state index contributed by atoms with van der Waals surface area (Å²) in [7, 11) is 1.56. The Morgan fingerprint density at radius 2 is 1.77 bits per heavy atom. The maximum atomic E-state index is 14.6. The summed E-state index contributed by atoms with van der Waals surface area (Å²) in [5.74, 6) is 1.79. The average molecular weight is 774 g/mol. The first-order valence-corrected chi connectivity index (χ1v) is 21.1. The first kappa shape index (κ1) is 39.4. The van der Waals surface area contributed by atoms with Crippen LogP contribution in [-0.4, -0.2) is 61.2 Å². The number of Topliss-reactive ketones (excluding diaryl/α,β-unsaturated/α-hetero) is 1. The van der Waals surface area contributed by atoms with Gasteiger partial charge in [-0.05, 0) is 117 Å². The summed E-state index contributed by atoms with van der Waals surface area (Å²) in [5, 5.41) is 19.3. The molecule has 12 heteroatoms. The molecule has 2 N–H and O–H groups in total. The summed E-state index contributed by atoms with van der Waals surface area (Å²) >= 11 is 0. The Balaban J connectivity index is 1.06. The van der Waals surface area contributed by atoms with Crippen LogP contribution >= 0.6 is 0 Å². The highest BCUT2D eigenvalue weighted by atomic mass is 16.5. The highest BCUT2D eigenvalue weighted by Gasteiger charge is 2.72. The first-order valence-electron chi connectivity index (χ1n) is 21.1. The van der Waals surface area contributed by atoms with E-state index in [9.17, 15) is 24.3 Å². The van der Waals surface area contributed by atoms with Crippen molar-refractivity contribution in [3.8, 4) is 0 Å². The van der Waals surface area contributed by atoms with Crippen LogP contribution in [0.3, 0.4) is 0 Å². The van der Waals surface area contributed by atoms with Crippen molar-refractivity contribution in [3.05, 3.63) is 56.6 Å². The maximum absolute atomic E-state index is 14.6. The number of hydrogen-bond donors (Lipinski definition) is 2. The molecule has 5 saturated carbocycles. The lowest BCUT2D eigenvalue weighted by Crippen LogP contribution is -2.67. The van der Waals surface area contributed by atoms with Crippen molar-refractivity contribution in [1.29, 1.82) is 0 Å². The van der Waals surface area contributed by atoms with E-state index >= 15 is 0 Å². The van der Waals surface area contributed by atoms with Crippen LogP contribution < -0.4 is 11.2 Å². The number of aliphatic hydroxyl groups excluding tert-OH is 1. The predicted octanol–water partition coefficient (Wildman–Crippen LogP) is 6.13. The van der Waals surface area contributed by atoms with Crippen LogP contribution in [0.4, 0.5) is 0 Å². The van der Waals surface area contributed by atoms with Gasteiger partial charge in [-0.2, -0.15) is 0 Å². The molecule has 1 saturated heterocycles. The van der Waals surface area contributed by atoms with E-state index < -0.39 is 40.5 Å². The van der Waals surface area contributed by atoms with Gasteiger partial charge in [-0.1, -0.05) is 52.0 Å². The molecule has 56 heavy (non-hydrogen) atoms. The second-order valence-electron chi connectivity index (χ2n) is 20.3. The van der Waals surface area contributed by atoms with Crippen molar-refractivity contribution < 1.29 is 24.2 Å². The van der Waals surface area contributed by atoms with Gasteiger partial charge in [0.05, 0.1) is 30.9 Å². The van der Waals surface area contributed by atoms with E-state index in [4.69, 9.17) is 9.47 Å². The number of aliphatic hydroxyl groups is 1. The summed E-state index contributed by atoms with van der Waals surface area (Å²) in [6, 6.07) is -0.390. The molecule has 0 radical (unpaired) electrons. The van der Waals surface area contributed by atoms with Crippen LogP contribution in [0.1, 0.15) is 129 Å². The minimum atomic E-state index is -0.690. The minimum absolute atomic E-state index is 0.0185. The second-order valence-corrected chi connectivity index (χ2v) is 20.3. The van der Waals surface area contributed by atoms with Crippen LogP contribution in [0, 0.1) is 69.5 Å². The van der Waals surface area contributed by atoms with Gasteiger partial charge in [0, 0.05) is 42.1 Å². The fraction of sp³-hybridized carbons (Fsp3) is 0.773. The van der Waals surface area contributed by atoms with Gasteiger partial charge in [-0.3, -0.25) is 23.9 Å². The number of carbonyl (C=O) groups excluding carboxylic acids is 2. The van der Waals surface area contributed by atoms with Gasteiger partial charge in [0.15, 0.2) is 0 Å². The topological polar surface area (TPSA) is 158 Å². The average Bonchev–Trinajstić information content (AvgIpc) is 3.89. The number of hydrogen-bond acceptors (Lipinski definition) is 9. The van der Waals surface area contributed by atoms with Crippen molar-refractivity contribution >= 4 is 11.8 Å². The smallest absolute Gasteiger partial charge is 0.330 e. The molecule has 6 aliphatic rings. The Bertz CT molecular complexity index is 2050. The van der Waals surface area contributed by atoms with Crippen LogP contribution in [0.15, 0.2) is 34.1 Å². The molecule has 2 aromatic rings. The first-order chi connectivity index (χ1) is 26.4. The SMILES string of the molecule is C=C(C)[C@@H]1CC[C@]2(C(=O)OC)CC[C@]3(C)[C@H](CC[C@@H]4[C@@]5(C)C[C@@H](Cc6cn([C@H]7C[C@H](n8cc(C)c(=O)[nH]c8=O)O[C@@H]7CO)nn6)C(=O)C(C)(C)[C@@H]5CC[C@]43C)[C@@H]12. The summed E-state index contributed by atoms with van der Waals surface area (Å²) in [6.45, 7) is 20.0. The second kappa shape index (κ2) is 13.3. The number of esters is 1. The minimum Gasteiger partial charge on any atom is -0.469 e. The predicted molar refractivity (Wildman–Crippen MR) is 209 cm³/mol. The Labute approximate surface area is 330 Å². The van der Waals surface area contributed by atoms with Crippen LogP contribution in [0.2, 0.25) is 0 Å². The molecule has 0 aromatic carbocycles. The number of ether oxygens (including phenoxy) is 2. The van der Waals surface area contributed by atoms with E-state index in [0.717, 1.165) is 63.5 Å². The number of fused-ring (bicyclic) bond motifs is 7. The number of carbonyl (C=O) groups is 2. The fourth-order valence-corrected chi connectivity index (χ4v) is 15.0. The molecule has 12 nitrogen and oxygen atoms in total. The van der Waals surface area contributed by atoms with Crippen molar-refractivity contribution in [2.24, 2.45) is 62.6 Å². The number of aromatic amines is 1. The highest BCUT2D eigenvalue weighted by Crippen LogP contribution is 2.77. The van der Waals surface area contributed by atoms with Crippen molar-refractivity contribution in [2.75, 3.05) is 13.7 Å². The zero-order valence-corrected chi connectivity index (χ0v) is 34.7. The molecule has 0 spiro atoms. The molecule has 13 atom stereocenters. The van der Waals surface area contributed by atoms with E-state index in [2.05, 4.69) is 63.4 Å². The Hall–Kier alpha value is -3.38. The normalized spacial score (nSPS) is 42.7. The molecule has 0 bridgehead atoms. The van der Waals surface area contributed by atoms with Gasteiger partial charge < -0.3 is 14.6 Å². The number of methoxy groups -OCH3 is 1. The molecular weight excluding hydrogens is 711 g/mol. The number of rotatable bonds is 7. The molecule has 2 aromatic heterocycles. The van der Waals surface area contributed by atoms with Gasteiger partial charge in [-0.25, -0.2) is 9.48 Å². The van der Waals surface area contributed by atoms with E-state index in [1.807, 2.05) is 6.20 Å². The van der Waals surface area contributed by atoms with E-state index in [1.165, 1.54) is 16.3 Å². The maximum Gasteiger partial charge on any atom is 0.330 e. The molecule has 5 aliphatic carbocycles. The third-order valence-electron chi connectivity index (χ3n) is 17.7. The van der Waals surface area contributed by atoms with Gasteiger partial charge in [0.2, 0.25) is 0 Å². The van der Waals surface area contributed by atoms with Gasteiger partial charge >= 0.3 is 11.7 Å². The zero-order valence-electron chi connectivity index (χ0n) is 34.7. The number of ketones is 1. The van der Waals surface area contributed by atoms with E-state index in [0.29, 0.717) is 41.9 Å². The van der Waals surface area contributed by atoms with Crippen molar-refractivity contribution in [1.82, 2.24) is 24.5 Å². The monoisotopic (exact) mass is 773 g/mol. The van der Waals surface area contributed by atoms with Gasteiger partial charge in [-0.15, -0.1) is 5.10 Å². The molecule has 1 aliphatic heterocycles. The van der Waals surface area contributed by atoms with Crippen LogP contribution in [0.5, 0.6) is 0 Å². The third kappa shape index (κ3) is 5.42. The van der Waals surface area contributed by atoms with Gasteiger partial charge in [0.25, 0.3) is 5.56 Å². The third-order valence-corrected chi connectivity index (χ3v) is 17.7. The molecule has 8 rings (SSSR count). The Kier molecular flexibility index (Phi) is 9.39. The molecule has 306 valence electrons. The molecule has 0 amide bonds. The summed E-state index contributed by atoms with van der Waals surface area (Å²) in [6.07, 6.45) is 11.8. The lowest BCUT2D eigenvalue weighted by atomic mass is 9.32. The lowest BCUT2D eigenvalue weighted by Gasteiger charge is -2.72. The highest BCUT2D eigenvalue weighted by molar-refractivity contribution is 5.88. The van der Waals surface area contributed by atoms with Crippen LogP contribution in [0.25, 0.3) is 0 Å². The number of aromatic nitrogens is 5. The summed E-state index contributed by atoms with van der Waals surface area (Å²) < 4.78 is 14.7. The summed E-state index contributed by atoms with van der Waals surface area (Å²) in [5.41, 5.74) is 0.443. The molecule has 0 unspecified atom stereocenters. The Morgan fingerprint density at radius 1 is 1.02 bits per heavy atom. The van der Waals surface area contributed by atoms with E-state index in [1.54, 1.807) is 18.7 Å². The number of nitrogens with one attached hydrogen (secondary N) is 1. The standard InChI is InChI=1S/C44H63N5O7/c1-24(2)28-12-15-44(38(53)55-9)17-16-42(7)29(35(28)44)10-11-33-41(6)20-26(36(51)40(4,5)32(41)13-14-43(33,42)8)18-27-22-49(47-46-27)30-19-34(56-31(30)23-50)48-21-25(3)37(52)45-39(48)54/h21-22,26,28-35,50H,1,10-20,23H2,2-9H3,(H,45,52,54)/t26-,28+,29-,30+,31-,32+,33-,34-,35-,41+,42-,43-,44+/m1/s1. The zero-order chi connectivity index (χ0) is 40.3. The Morgan fingerprint density at radius 3 is 2.46 bits per heavy atom. The summed E-state index contributed by atoms with van der Waals surface area (Å²) in [4.78, 5) is 55.2. The van der Waals surface area contributed by atoms with Crippen LogP contribution in [-0.2, 0) is 25.5 Å². The quantitative estimate of drug-likeness (QED) is 0.250. The van der Waals surface area contributed by atoms with Gasteiger partial charge in [0.1, 0.15) is 18.1 Å². The fourth-order valence-electron chi connectivity index (χ4n) is 15.0.